The second kappa shape index (κ2) is 22.5. The molecule has 6 rings (SSSR count). The lowest BCUT2D eigenvalue weighted by Gasteiger charge is -2.27. The maximum atomic E-state index is 13.4. The number of halogens is 4. The fraction of sp³-hybridized carbons (Fsp3) is 0.500. The number of imidazole rings is 2. The Kier molecular flexibility index (Phi) is 18.9. The summed E-state index contributed by atoms with van der Waals surface area (Å²) in [6.45, 7) is 19.4. The summed E-state index contributed by atoms with van der Waals surface area (Å²) in [5.41, 5.74) is 4.47. The summed E-state index contributed by atoms with van der Waals surface area (Å²) in [6.07, 6.45) is 7.69. The topological polar surface area (TPSA) is 116 Å². The van der Waals surface area contributed by atoms with Gasteiger partial charge in [-0.3, -0.25) is 9.59 Å². The number of fused-ring (bicyclic) bond motifs is 2. The van der Waals surface area contributed by atoms with Gasteiger partial charge < -0.3 is 20.6 Å². The Hall–Kier alpha value is -5.10. The second-order valence-corrected chi connectivity index (χ2v) is 15.2. The van der Waals surface area contributed by atoms with Crippen LogP contribution in [0.3, 0.4) is 0 Å². The van der Waals surface area contributed by atoms with Gasteiger partial charge in [0.05, 0.1) is 35.2 Å². The minimum absolute atomic E-state index is 0.177. The van der Waals surface area contributed by atoms with E-state index in [1.807, 2.05) is 36.4 Å². The standard InChI is InChI=1S/C32H32F4N6O2.2C4H10.C2H4.C2H2/c33-31(34)11-7-21(8-12-31)29(43)37-17-27-39-23-5-3-19(15-25(23)41-27)1-2-20-4-6-24-26(16-20)42-28(40-24)18-38-30(44)22-9-13-32(35,36)14-10-22;2*1-4(2)3;2*1-2/h3-6,15-16,21-22H,7-14,17-18H2,(H,37,43)(H,38,44)(H,39,41)(H,40,42);2*4H,1-3H3;1-2H2;1-2H. The maximum Gasteiger partial charge on any atom is 0.248 e. The number of hydrogen-bond acceptors (Lipinski definition) is 4. The first kappa shape index (κ1) is 47.1. The zero-order valence-electron chi connectivity index (χ0n) is 33.6. The molecule has 0 saturated heterocycles. The first-order chi connectivity index (χ1) is 26.5. The Morgan fingerprint density at radius 2 is 1.00 bits per heavy atom. The normalized spacial score (nSPS) is 16.0. The second-order valence-electron chi connectivity index (χ2n) is 15.2. The summed E-state index contributed by atoms with van der Waals surface area (Å²) in [5.74, 6) is 2.48. The minimum atomic E-state index is -2.67. The molecule has 2 heterocycles. The van der Waals surface area contributed by atoms with E-state index in [1.54, 1.807) is 0 Å². The molecule has 0 aliphatic heterocycles. The molecule has 2 saturated carbocycles. The summed E-state index contributed by atoms with van der Waals surface area (Å²) < 4.78 is 53.5. The van der Waals surface area contributed by atoms with Crippen molar-refractivity contribution in [1.29, 1.82) is 0 Å². The molecular weight excluding hydrogens is 721 g/mol. The minimum Gasteiger partial charge on any atom is -0.349 e. The molecule has 0 radical (unpaired) electrons. The highest BCUT2D eigenvalue weighted by Crippen LogP contribution is 2.37. The van der Waals surface area contributed by atoms with E-state index in [0.717, 1.165) is 45.0 Å². The molecular formula is C44H58F4N6O2. The number of carbonyl (C=O) groups excluding carboxylic acids is 2. The van der Waals surface area contributed by atoms with E-state index in [1.165, 1.54) is 0 Å². The Labute approximate surface area is 329 Å². The van der Waals surface area contributed by atoms with Gasteiger partial charge in [-0.2, -0.15) is 0 Å². The molecule has 2 aromatic carbocycles. The highest BCUT2D eigenvalue weighted by molar-refractivity contribution is 5.81. The van der Waals surface area contributed by atoms with Crippen LogP contribution in [0.2, 0.25) is 0 Å². The van der Waals surface area contributed by atoms with Crippen LogP contribution >= 0.6 is 0 Å². The van der Waals surface area contributed by atoms with Crippen LogP contribution < -0.4 is 10.6 Å². The molecule has 4 aromatic rings. The molecule has 304 valence electrons. The van der Waals surface area contributed by atoms with Crippen LogP contribution in [0, 0.1) is 48.4 Å². The number of terminal acetylenes is 1. The van der Waals surface area contributed by atoms with Crippen molar-refractivity contribution in [2.45, 2.75) is 118 Å². The molecule has 4 N–H and O–H groups in total. The van der Waals surface area contributed by atoms with Gasteiger partial charge in [0, 0.05) is 48.6 Å². The third-order valence-corrected chi connectivity index (χ3v) is 8.45. The molecule has 2 fully saturated rings. The van der Waals surface area contributed by atoms with E-state index in [-0.39, 0.29) is 76.3 Å². The van der Waals surface area contributed by atoms with Gasteiger partial charge in [0.25, 0.3) is 0 Å². The van der Waals surface area contributed by atoms with Crippen LogP contribution in [-0.2, 0) is 22.7 Å². The van der Waals surface area contributed by atoms with Crippen LogP contribution in [0.5, 0.6) is 0 Å². The highest BCUT2D eigenvalue weighted by Gasteiger charge is 2.38. The van der Waals surface area contributed by atoms with Crippen molar-refractivity contribution in [3.63, 3.8) is 0 Å². The van der Waals surface area contributed by atoms with E-state index >= 15 is 0 Å². The largest absolute Gasteiger partial charge is 0.349 e. The average Bonchev–Trinajstić information content (AvgIpc) is 3.76. The number of alkyl halides is 4. The van der Waals surface area contributed by atoms with Crippen molar-refractivity contribution in [1.82, 2.24) is 30.6 Å². The Morgan fingerprint density at radius 1 is 0.696 bits per heavy atom. The van der Waals surface area contributed by atoms with Crippen molar-refractivity contribution in [3.8, 4) is 24.7 Å². The number of nitrogens with one attached hydrogen (secondary N) is 4. The third kappa shape index (κ3) is 15.9. The molecule has 0 unspecified atom stereocenters. The molecule has 12 heteroatoms. The SMILES string of the molecule is C#C.C=C.CC(C)C.CC(C)C.O=C(NCc1nc2ccc(C#Cc3ccc4nc(CNC(=O)C5CCC(F)(F)CC5)[nH]c4c3)cc2[nH]1)C1CCC(F)(F)CC1. The van der Waals surface area contributed by atoms with Crippen molar-refractivity contribution >= 4 is 33.9 Å². The van der Waals surface area contributed by atoms with Gasteiger partial charge in [0.15, 0.2) is 0 Å². The summed E-state index contributed by atoms with van der Waals surface area (Å²) in [5, 5.41) is 5.61. The van der Waals surface area contributed by atoms with Crippen molar-refractivity contribution < 1.29 is 27.2 Å². The van der Waals surface area contributed by atoms with Crippen molar-refractivity contribution in [2.75, 3.05) is 0 Å². The van der Waals surface area contributed by atoms with Crippen molar-refractivity contribution in [3.05, 3.63) is 72.3 Å². The third-order valence-electron chi connectivity index (χ3n) is 8.45. The molecule has 2 amide bonds. The summed E-state index contributed by atoms with van der Waals surface area (Å²) in [6, 6.07) is 11.1. The summed E-state index contributed by atoms with van der Waals surface area (Å²) in [7, 11) is 0. The predicted molar refractivity (Wildman–Crippen MR) is 218 cm³/mol. The Morgan fingerprint density at radius 3 is 1.30 bits per heavy atom. The monoisotopic (exact) mass is 778 g/mol. The molecule has 8 nitrogen and oxygen atoms in total. The van der Waals surface area contributed by atoms with Gasteiger partial charge in [-0.05, 0) is 73.9 Å². The molecule has 0 bridgehead atoms. The fourth-order valence-electron chi connectivity index (χ4n) is 5.83. The van der Waals surface area contributed by atoms with E-state index in [0.29, 0.717) is 11.6 Å². The fourth-order valence-corrected chi connectivity index (χ4v) is 5.83. The van der Waals surface area contributed by atoms with Crippen LogP contribution in [0.4, 0.5) is 17.6 Å². The lowest BCUT2D eigenvalue weighted by Crippen LogP contribution is -2.35. The Balaban J connectivity index is 0.000000805. The molecule has 2 aliphatic carbocycles. The maximum absolute atomic E-state index is 13.4. The van der Waals surface area contributed by atoms with Gasteiger partial charge in [-0.1, -0.05) is 53.4 Å². The number of amides is 2. The Bertz CT molecular complexity index is 1780. The molecule has 2 aliphatic rings. The van der Waals surface area contributed by atoms with Gasteiger partial charge >= 0.3 is 0 Å². The first-order valence-electron chi connectivity index (χ1n) is 19.1. The van der Waals surface area contributed by atoms with Crippen LogP contribution in [-0.4, -0.2) is 43.6 Å². The quantitative estimate of drug-likeness (QED) is 0.0886. The molecule has 0 atom stereocenters. The first-order valence-corrected chi connectivity index (χ1v) is 19.1. The van der Waals surface area contributed by atoms with Gasteiger partial charge in [-0.15, -0.1) is 26.0 Å². The number of H-pyrrole nitrogens is 2. The number of aromatic nitrogens is 4. The van der Waals surface area contributed by atoms with Crippen LogP contribution in [0.25, 0.3) is 22.1 Å². The molecule has 56 heavy (non-hydrogen) atoms. The summed E-state index contributed by atoms with van der Waals surface area (Å²) >= 11 is 0. The molecule has 2 aromatic heterocycles. The number of nitrogens with zero attached hydrogens (tertiary/aromatic N) is 2. The van der Waals surface area contributed by atoms with E-state index in [2.05, 4.69) is 110 Å². The number of benzene rings is 2. The van der Waals surface area contributed by atoms with Crippen LogP contribution in [0.15, 0.2) is 49.6 Å². The average molecular weight is 779 g/mol. The number of aromatic amines is 2. The van der Waals surface area contributed by atoms with E-state index in [9.17, 15) is 27.2 Å². The lowest BCUT2D eigenvalue weighted by atomic mass is 9.86. The van der Waals surface area contributed by atoms with Crippen LogP contribution in [0.1, 0.15) is 116 Å². The summed E-state index contributed by atoms with van der Waals surface area (Å²) in [4.78, 5) is 40.2. The van der Waals surface area contributed by atoms with Gasteiger partial charge in [0.1, 0.15) is 11.6 Å². The number of rotatable bonds is 6. The zero-order valence-corrected chi connectivity index (χ0v) is 33.6. The smallest absolute Gasteiger partial charge is 0.248 e. The van der Waals surface area contributed by atoms with Crippen molar-refractivity contribution in [2.24, 2.45) is 23.7 Å². The predicted octanol–water partition coefficient (Wildman–Crippen LogP) is 10.1. The lowest BCUT2D eigenvalue weighted by molar-refractivity contribution is -0.130. The zero-order chi connectivity index (χ0) is 42.1. The van der Waals surface area contributed by atoms with E-state index in [4.69, 9.17) is 0 Å². The molecule has 0 spiro atoms. The number of hydrogen-bond donors (Lipinski definition) is 4. The van der Waals surface area contributed by atoms with E-state index < -0.39 is 23.7 Å². The number of carbonyl (C=O) groups is 2. The van der Waals surface area contributed by atoms with Gasteiger partial charge in [0.2, 0.25) is 23.7 Å². The van der Waals surface area contributed by atoms with Gasteiger partial charge in [-0.25, -0.2) is 27.5 Å². The highest BCUT2D eigenvalue weighted by atomic mass is 19.3.